The number of fused-ring (bicyclic) bond motifs is 3. The SMILES string of the molecule is C=C1CC2C3(C)CCC(=O)C(C)(C)C3C(=O)C(O)C2(C)C(C(=O)OC(C)C(=O)OC)C1(C)C(=O)OC. The zero-order chi connectivity index (χ0) is 27.6. The molecule has 3 saturated carbocycles. The van der Waals surface area contributed by atoms with Crippen molar-refractivity contribution >= 4 is 29.5 Å². The van der Waals surface area contributed by atoms with Gasteiger partial charge in [-0.1, -0.05) is 39.8 Å². The van der Waals surface area contributed by atoms with Gasteiger partial charge < -0.3 is 19.3 Å². The first kappa shape index (κ1) is 28.0. The Balaban J connectivity index is 2.26. The van der Waals surface area contributed by atoms with Crippen LogP contribution in [0.4, 0.5) is 0 Å². The Morgan fingerprint density at radius 1 is 1.06 bits per heavy atom. The van der Waals surface area contributed by atoms with Crippen molar-refractivity contribution in [2.45, 2.75) is 73.0 Å². The lowest BCUT2D eigenvalue weighted by atomic mass is 9.35. The minimum atomic E-state index is -1.67. The highest BCUT2D eigenvalue weighted by molar-refractivity contribution is 5.98. The van der Waals surface area contributed by atoms with E-state index >= 15 is 0 Å². The number of hydrogen-bond donors (Lipinski definition) is 1. The molecule has 0 aromatic heterocycles. The van der Waals surface area contributed by atoms with Crippen LogP contribution >= 0.6 is 0 Å². The Bertz CT molecular complexity index is 1030. The summed E-state index contributed by atoms with van der Waals surface area (Å²) < 4.78 is 15.2. The fraction of sp³-hybridized carbons (Fsp3) is 0.741. The number of carbonyl (C=O) groups is 5. The molecule has 0 amide bonds. The summed E-state index contributed by atoms with van der Waals surface area (Å²) in [5, 5.41) is 11.6. The molecule has 1 N–H and O–H groups in total. The van der Waals surface area contributed by atoms with E-state index in [1.807, 2.05) is 6.92 Å². The van der Waals surface area contributed by atoms with Crippen molar-refractivity contribution in [2.24, 2.45) is 39.4 Å². The molecule has 0 aliphatic heterocycles. The molecule has 3 aliphatic carbocycles. The Morgan fingerprint density at radius 2 is 1.64 bits per heavy atom. The van der Waals surface area contributed by atoms with Crippen LogP contribution < -0.4 is 0 Å². The second-order valence-electron chi connectivity index (χ2n) is 11.8. The molecule has 0 radical (unpaired) electrons. The van der Waals surface area contributed by atoms with E-state index in [1.54, 1.807) is 20.8 Å². The van der Waals surface area contributed by atoms with E-state index in [0.717, 1.165) is 7.11 Å². The van der Waals surface area contributed by atoms with Crippen molar-refractivity contribution in [3.8, 4) is 0 Å². The maximum Gasteiger partial charge on any atom is 0.346 e. The molecule has 3 aliphatic rings. The number of esters is 3. The molecule has 8 unspecified atom stereocenters. The average Bonchev–Trinajstić information content (AvgIpc) is 2.81. The fourth-order valence-corrected chi connectivity index (χ4v) is 7.77. The smallest absolute Gasteiger partial charge is 0.346 e. The van der Waals surface area contributed by atoms with Crippen LogP contribution in [-0.4, -0.2) is 61.0 Å². The van der Waals surface area contributed by atoms with E-state index in [1.165, 1.54) is 21.0 Å². The maximum atomic E-state index is 13.9. The zero-order valence-corrected chi connectivity index (χ0v) is 22.4. The van der Waals surface area contributed by atoms with Gasteiger partial charge in [0.1, 0.15) is 11.9 Å². The summed E-state index contributed by atoms with van der Waals surface area (Å²) in [5.74, 6) is -5.74. The highest BCUT2D eigenvalue weighted by Crippen LogP contribution is 2.70. The molecule has 0 saturated heterocycles. The number of Topliss-reactive ketones (excluding diaryl/α,β-unsaturated/α-hetero) is 2. The summed E-state index contributed by atoms with van der Waals surface area (Å²) in [4.78, 5) is 65.8. The van der Waals surface area contributed by atoms with E-state index in [4.69, 9.17) is 9.47 Å². The molecule has 3 rings (SSSR count). The molecular formula is C27H38O9. The van der Waals surface area contributed by atoms with Crippen LogP contribution in [0.2, 0.25) is 0 Å². The Kier molecular flexibility index (Phi) is 6.84. The molecule has 0 heterocycles. The van der Waals surface area contributed by atoms with Gasteiger partial charge in [-0.3, -0.25) is 19.2 Å². The highest BCUT2D eigenvalue weighted by Gasteiger charge is 2.75. The third-order valence-electron chi connectivity index (χ3n) is 9.74. The zero-order valence-electron chi connectivity index (χ0n) is 22.4. The topological polar surface area (TPSA) is 133 Å². The van der Waals surface area contributed by atoms with Crippen molar-refractivity contribution in [3.63, 3.8) is 0 Å². The first-order valence-electron chi connectivity index (χ1n) is 12.3. The maximum absolute atomic E-state index is 13.9. The van der Waals surface area contributed by atoms with Crippen molar-refractivity contribution < 1.29 is 43.3 Å². The van der Waals surface area contributed by atoms with Crippen molar-refractivity contribution in [1.82, 2.24) is 0 Å². The minimum Gasteiger partial charge on any atom is -0.468 e. The van der Waals surface area contributed by atoms with Gasteiger partial charge in [0, 0.05) is 23.2 Å². The Morgan fingerprint density at radius 3 is 2.17 bits per heavy atom. The number of hydrogen-bond acceptors (Lipinski definition) is 9. The quantitative estimate of drug-likeness (QED) is 0.347. The largest absolute Gasteiger partial charge is 0.468 e. The number of carbonyl (C=O) groups excluding carboxylic acids is 5. The molecule has 36 heavy (non-hydrogen) atoms. The van der Waals surface area contributed by atoms with Gasteiger partial charge in [0.2, 0.25) is 0 Å². The van der Waals surface area contributed by atoms with E-state index in [2.05, 4.69) is 11.3 Å². The first-order valence-corrected chi connectivity index (χ1v) is 12.3. The van der Waals surface area contributed by atoms with Crippen LogP contribution in [0.25, 0.3) is 0 Å². The van der Waals surface area contributed by atoms with E-state index in [-0.39, 0.29) is 18.6 Å². The molecule has 0 spiro atoms. The predicted molar refractivity (Wildman–Crippen MR) is 127 cm³/mol. The van der Waals surface area contributed by atoms with Gasteiger partial charge in [-0.2, -0.15) is 0 Å². The van der Waals surface area contributed by atoms with Crippen LogP contribution in [0.3, 0.4) is 0 Å². The molecule has 8 atom stereocenters. The molecule has 9 heteroatoms. The standard InChI is InChI=1S/C27H38O9/c1-13-12-15-25(5)11-10-16(28)24(3,4)18(25)17(29)20(30)27(15,7)19(26(13,6)23(33)35-9)22(32)36-14(2)21(31)34-8/h14-15,18-20,30H,1,10-12H2,2-9H3. The molecule has 200 valence electrons. The van der Waals surface area contributed by atoms with Crippen molar-refractivity contribution in [1.29, 1.82) is 0 Å². The number of ketones is 2. The van der Waals surface area contributed by atoms with Gasteiger partial charge >= 0.3 is 17.9 Å². The molecule has 0 aromatic carbocycles. The summed E-state index contributed by atoms with van der Waals surface area (Å²) in [5.41, 5.74) is -4.49. The van der Waals surface area contributed by atoms with Crippen LogP contribution in [-0.2, 0) is 38.2 Å². The van der Waals surface area contributed by atoms with Crippen LogP contribution in [0.1, 0.15) is 60.8 Å². The van der Waals surface area contributed by atoms with Crippen molar-refractivity contribution in [2.75, 3.05) is 14.2 Å². The lowest BCUT2D eigenvalue weighted by Crippen LogP contribution is -2.72. The molecule has 0 bridgehead atoms. The van der Waals surface area contributed by atoms with Gasteiger partial charge in [0.05, 0.1) is 25.6 Å². The number of aliphatic hydroxyl groups is 1. The van der Waals surface area contributed by atoms with E-state index < -0.39 is 75.3 Å². The summed E-state index contributed by atoms with van der Waals surface area (Å²) in [6.07, 6.45) is -2.08. The number of ether oxygens (including phenoxy) is 3. The third kappa shape index (κ3) is 3.49. The highest BCUT2D eigenvalue weighted by atomic mass is 16.6. The van der Waals surface area contributed by atoms with Gasteiger partial charge in [-0.15, -0.1) is 0 Å². The first-order chi connectivity index (χ1) is 16.5. The number of aliphatic hydroxyl groups excluding tert-OH is 1. The second kappa shape index (κ2) is 8.78. The second-order valence-corrected chi connectivity index (χ2v) is 11.8. The van der Waals surface area contributed by atoms with E-state index in [9.17, 15) is 29.1 Å². The normalized spacial score (nSPS) is 40.4. The number of methoxy groups -OCH3 is 2. The summed E-state index contributed by atoms with van der Waals surface area (Å²) in [6, 6.07) is 0. The number of rotatable bonds is 4. The van der Waals surface area contributed by atoms with Gasteiger partial charge in [0.15, 0.2) is 11.9 Å². The molecular weight excluding hydrogens is 468 g/mol. The van der Waals surface area contributed by atoms with E-state index in [0.29, 0.717) is 12.0 Å². The Hall–Kier alpha value is -2.55. The lowest BCUT2D eigenvalue weighted by molar-refractivity contribution is -0.225. The van der Waals surface area contributed by atoms with Gasteiger partial charge in [-0.25, -0.2) is 4.79 Å². The molecule has 0 aromatic rings. The summed E-state index contributed by atoms with van der Waals surface area (Å²) >= 11 is 0. The van der Waals surface area contributed by atoms with Gasteiger partial charge in [0.25, 0.3) is 0 Å². The van der Waals surface area contributed by atoms with Crippen molar-refractivity contribution in [3.05, 3.63) is 12.2 Å². The lowest BCUT2D eigenvalue weighted by Gasteiger charge is -2.67. The van der Waals surface area contributed by atoms with Crippen LogP contribution in [0.5, 0.6) is 0 Å². The molecule has 3 fully saturated rings. The predicted octanol–water partition coefficient (Wildman–Crippen LogP) is 2.42. The van der Waals surface area contributed by atoms with Crippen LogP contribution in [0.15, 0.2) is 12.2 Å². The minimum absolute atomic E-state index is 0.0500. The van der Waals surface area contributed by atoms with Gasteiger partial charge in [-0.05, 0) is 38.0 Å². The average molecular weight is 507 g/mol. The third-order valence-corrected chi connectivity index (χ3v) is 9.74. The summed E-state index contributed by atoms with van der Waals surface area (Å²) in [7, 11) is 2.34. The summed E-state index contributed by atoms with van der Waals surface area (Å²) in [6.45, 7) is 14.0. The monoisotopic (exact) mass is 506 g/mol. The Labute approximate surface area is 211 Å². The van der Waals surface area contributed by atoms with Crippen LogP contribution in [0, 0.1) is 39.4 Å². The fourth-order valence-electron chi connectivity index (χ4n) is 7.77. The molecule has 9 nitrogen and oxygen atoms in total.